The first-order valence-corrected chi connectivity index (χ1v) is 10.9. The van der Waals surface area contributed by atoms with Crippen LogP contribution in [0.15, 0.2) is 24.3 Å². The third-order valence-electron chi connectivity index (χ3n) is 4.02. The Morgan fingerprint density at radius 3 is 1.60 bits per heavy atom. The zero-order valence-electron chi connectivity index (χ0n) is 15.4. The lowest BCUT2D eigenvalue weighted by Crippen LogP contribution is -1.97. The van der Waals surface area contributed by atoms with Crippen LogP contribution in [-0.4, -0.2) is 16.3 Å². The highest BCUT2D eigenvalue weighted by Crippen LogP contribution is 2.45. The quantitative estimate of drug-likeness (QED) is 0.267. The molecule has 0 fully saturated rings. The van der Waals surface area contributed by atoms with Crippen LogP contribution in [-0.2, 0) is 4.57 Å². The van der Waals surface area contributed by atoms with E-state index in [-0.39, 0.29) is 5.38 Å². The third kappa shape index (κ3) is 15.5. The summed E-state index contributed by atoms with van der Waals surface area (Å²) >= 11 is 5.78. The molecule has 0 atom stereocenters. The summed E-state index contributed by atoms with van der Waals surface area (Å²) in [5, 5.41) is 0.241. The zero-order chi connectivity index (χ0) is 18.9. The number of nitrogens with two attached hydrogens (primary N) is 1. The lowest BCUT2D eigenvalue weighted by Gasteiger charge is -2.00. The van der Waals surface area contributed by atoms with Gasteiger partial charge >= 0.3 is 8.25 Å². The molecule has 144 valence electrons. The second kappa shape index (κ2) is 16.9. The minimum atomic E-state index is -2.87. The van der Waals surface area contributed by atoms with Crippen molar-refractivity contribution in [3.63, 3.8) is 0 Å². The molecule has 0 heterocycles. The highest BCUT2D eigenvalue weighted by molar-refractivity contribution is 7.30. The minimum Gasteiger partial charge on any atom is -0.330 e. The summed E-state index contributed by atoms with van der Waals surface area (Å²) in [5.41, 5.74) is 8.02. The zero-order valence-corrected chi connectivity index (χ0v) is 17.0. The van der Waals surface area contributed by atoms with E-state index in [9.17, 15) is 0 Å². The van der Waals surface area contributed by atoms with E-state index in [2.05, 4.69) is 19.1 Å². The Hall–Kier alpha value is -0.510. The first-order valence-electron chi connectivity index (χ1n) is 9.32. The fourth-order valence-corrected chi connectivity index (χ4v) is 2.87. The molecule has 0 amide bonds. The van der Waals surface area contributed by atoms with Gasteiger partial charge in [0.25, 0.3) is 0 Å². The number of rotatable bonds is 10. The van der Waals surface area contributed by atoms with Crippen molar-refractivity contribution >= 4 is 19.9 Å². The number of unbranched alkanes of at least 4 members (excludes halogenated alkanes) is 9. The number of alkyl halides is 1. The average molecular weight is 391 g/mol. The van der Waals surface area contributed by atoms with Crippen molar-refractivity contribution in [1.29, 1.82) is 0 Å². The second-order valence-electron chi connectivity index (χ2n) is 6.21. The Balaban J connectivity index is 0.000000401. The summed E-state index contributed by atoms with van der Waals surface area (Å²) in [4.78, 5) is 14.2. The number of hydrogen-bond acceptors (Lipinski definition) is 2. The van der Waals surface area contributed by atoms with Gasteiger partial charge < -0.3 is 5.73 Å². The summed E-state index contributed by atoms with van der Waals surface area (Å²) in [7, 11) is -2.87. The molecular formula is C19H34ClNO3P+. The number of fused-ring (bicyclic) bond motifs is 1. The van der Waals surface area contributed by atoms with Gasteiger partial charge in [0.05, 0.1) is 5.38 Å². The van der Waals surface area contributed by atoms with Crippen molar-refractivity contribution in [1.82, 2.24) is 0 Å². The van der Waals surface area contributed by atoms with E-state index in [1.54, 1.807) is 0 Å². The molecule has 2 rings (SSSR count). The fourth-order valence-electron chi connectivity index (χ4n) is 2.54. The summed E-state index contributed by atoms with van der Waals surface area (Å²) in [6.45, 7) is 3.14. The average Bonchev–Trinajstić information content (AvgIpc) is 3.24. The molecule has 1 aromatic rings. The first kappa shape index (κ1) is 24.5. The van der Waals surface area contributed by atoms with Crippen molar-refractivity contribution < 1.29 is 14.4 Å². The maximum Gasteiger partial charge on any atom is 0.692 e. The standard InChI is InChI=1S/C12H27N.C7H5Cl.HO3P/c1-2-3-4-5-6-7-8-9-10-11-12-13;8-7-5-3-1-2-4-6(5)7;1-4(2)3/h2-13H2,1H3;1-4,7H;(H-,1,2,3)/p+1. The van der Waals surface area contributed by atoms with Crippen molar-refractivity contribution in [2.75, 3.05) is 6.54 Å². The molecule has 0 radical (unpaired) electrons. The highest BCUT2D eigenvalue weighted by Gasteiger charge is 2.28. The van der Waals surface area contributed by atoms with Crippen molar-refractivity contribution in [3.8, 4) is 0 Å². The molecule has 25 heavy (non-hydrogen) atoms. The molecule has 0 spiro atoms. The third-order valence-corrected chi connectivity index (χ3v) is 4.49. The molecule has 1 aromatic carbocycles. The molecule has 0 bridgehead atoms. The van der Waals surface area contributed by atoms with E-state index < -0.39 is 8.25 Å². The van der Waals surface area contributed by atoms with Crippen LogP contribution in [0.4, 0.5) is 0 Å². The Bertz CT molecular complexity index is 423. The normalized spacial score (nSPS) is 11.6. The van der Waals surface area contributed by atoms with Gasteiger partial charge in [-0.25, -0.2) is 0 Å². The van der Waals surface area contributed by atoms with Crippen LogP contribution in [0.1, 0.15) is 87.6 Å². The van der Waals surface area contributed by atoms with Gasteiger partial charge in [-0.05, 0) is 24.1 Å². The van der Waals surface area contributed by atoms with E-state index in [0.717, 1.165) is 6.54 Å². The largest absolute Gasteiger partial charge is 0.692 e. The van der Waals surface area contributed by atoms with Crippen molar-refractivity contribution in [2.24, 2.45) is 5.73 Å². The second-order valence-corrected chi connectivity index (χ2v) is 7.16. The highest BCUT2D eigenvalue weighted by atomic mass is 35.5. The van der Waals surface area contributed by atoms with Crippen LogP contribution in [0, 0.1) is 0 Å². The molecule has 0 saturated heterocycles. The predicted molar refractivity (Wildman–Crippen MR) is 107 cm³/mol. The smallest absolute Gasteiger partial charge is 0.330 e. The minimum absolute atomic E-state index is 0.241. The van der Waals surface area contributed by atoms with E-state index >= 15 is 0 Å². The predicted octanol–water partition coefficient (Wildman–Crippen LogP) is 5.82. The molecule has 6 heteroatoms. The molecule has 4 N–H and O–H groups in total. The molecule has 0 aliphatic heterocycles. The molecule has 0 saturated carbocycles. The topological polar surface area (TPSA) is 83.6 Å². The van der Waals surface area contributed by atoms with E-state index in [4.69, 9.17) is 31.7 Å². The van der Waals surface area contributed by atoms with Crippen LogP contribution >= 0.6 is 19.9 Å². The molecule has 0 unspecified atom stereocenters. The Morgan fingerprint density at radius 2 is 1.28 bits per heavy atom. The molecule has 0 aromatic heterocycles. The number of hydrogen-bond donors (Lipinski definition) is 3. The van der Waals surface area contributed by atoms with Crippen LogP contribution in [0.25, 0.3) is 0 Å². The van der Waals surface area contributed by atoms with Gasteiger partial charge in [-0.3, -0.25) is 0 Å². The van der Waals surface area contributed by atoms with E-state index in [1.165, 1.54) is 75.3 Å². The van der Waals surface area contributed by atoms with Gasteiger partial charge in [0.1, 0.15) is 0 Å². The van der Waals surface area contributed by atoms with Crippen molar-refractivity contribution in [3.05, 3.63) is 35.4 Å². The molecule has 4 nitrogen and oxygen atoms in total. The maximum atomic E-state index is 8.70. The van der Waals surface area contributed by atoms with E-state index in [1.807, 2.05) is 12.1 Å². The molecular weight excluding hydrogens is 357 g/mol. The summed E-state index contributed by atoms with van der Waals surface area (Å²) < 4.78 is 8.70. The van der Waals surface area contributed by atoms with Crippen LogP contribution in [0.5, 0.6) is 0 Å². The SMILES string of the molecule is CCCCCCCCCCCCN.ClC1c2ccccc21.O=[P+](O)O. The molecule has 1 aliphatic carbocycles. The lowest BCUT2D eigenvalue weighted by atomic mass is 10.1. The number of benzene rings is 1. The monoisotopic (exact) mass is 390 g/mol. The Morgan fingerprint density at radius 1 is 0.920 bits per heavy atom. The van der Waals surface area contributed by atoms with Crippen molar-refractivity contribution in [2.45, 2.75) is 76.5 Å². The van der Waals surface area contributed by atoms with Gasteiger partial charge in [0.15, 0.2) is 0 Å². The summed E-state index contributed by atoms with van der Waals surface area (Å²) in [5.74, 6) is 0. The lowest BCUT2D eigenvalue weighted by molar-refractivity contribution is 0.405. The van der Waals surface area contributed by atoms with Gasteiger partial charge in [-0.1, -0.05) is 89.0 Å². The van der Waals surface area contributed by atoms with Gasteiger partial charge in [0.2, 0.25) is 0 Å². The molecule has 1 aliphatic rings. The fraction of sp³-hybridized carbons (Fsp3) is 0.684. The van der Waals surface area contributed by atoms with Crippen LogP contribution in [0.2, 0.25) is 0 Å². The Kier molecular flexibility index (Phi) is 16.6. The van der Waals surface area contributed by atoms with Gasteiger partial charge in [-0.15, -0.1) is 21.4 Å². The van der Waals surface area contributed by atoms with Gasteiger partial charge in [-0.2, -0.15) is 0 Å². The van der Waals surface area contributed by atoms with E-state index in [0.29, 0.717) is 0 Å². The van der Waals surface area contributed by atoms with Gasteiger partial charge in [0, 0.05) is 4.57 Å². The summed E-state index contributed by atoms with van der Waals surface area (Å²) in [6, 6.07) is 8.16. The Labute approximate surface area is 158 Å². The van der Waals surface area contributed by atoms with Crippen LogP contribution in [0.3, 0.4) is 0 Å². The maximum absolute atomic E-state index is 8.70. The summed E-state index contributed by atoms with van der Waals surface area (Å²) in [6.07, 6.45) is 13.9. The number of halogens is 1. The first-order chi connectivity index (χ1) is 12.0. The van der Waals surface area contributed by atoms with Crippen LogP contribution < -0.4 is 5.73 Å².